The van der Waals surface area contributed by atoms with Crippen LogP contribution in [0, 0.1) is 0 Å². The van der Waals surface area contributed by atoms with Crippen LogP contribution in [0.1, 0.15) is 12.8 Å². The van der Waals surface area contributed by atoms with Gasteiger partial charge in [-0.25, -0.2) is 0 Å². The molecular formula is C18H36N3O12P. The van der Waals surface area contributed by atoms with Gasteiger partial charge in [0.15, 0.2) is 6.29 Å². The molecule has 34 heavy (non-hydrogen) atoms. The van der Waals surface area contributed by atoms with Crippen LogP contribution in [0.5, 0.6) is 0 Å². The summed E-state index contributed by atoms with van der Waals surface area (Å²) in [5.74, 6) is -0.754. The summed E-state index contributed by atoms with van der Waals surface area (Å²) in [4.78, 5) is 42.9. The highest BCUT2D eigenvalue weighted by atomic mass is 31.2. The largest absolute Gasteiger partial charge is 0.756 e. The second kappa shape index (κ2) is 14.4. The molecule has 1 heterocycles. The summed E-state index contributed by atoms with van der Waals surface area (Å²) in [6, 6.07) is 0. The van der Waals surface area contributed by atoms with Crippen LogP contribution in [-0.2, 0) is 28.2 Å². The van der Waals surface area contributed by atoms with Gasteiger partial charge in [0.2, 0.25) is 11.8 Å². The number of carbonyl (C=O) groups is 2. The lowest BCUT2D eigenvalue weighted by molar-refractivity contribution is -0.889. The first-order valence-electron chi connectivity index (χ1n) is 10.7. The third kappa shape index (κ3) is 12.0. The van der Waals surface area contributed by atoms with Crippen molar-refractivity contribution < 1.29 is 62.8 Å². The van der Waals surface area contributed by atoms with E-state index in [9.17, 15) is 34.4 Å². The van der Waals surface area contributed by atoms with Gasteiger partial charge in [0.05, 0.1) is 40.4 Å². The van der Waals surface area contributed by atoms with Crippen molar-refractivity contribution in [2.75, 3.05) is 60.1 Å². The summed E-state index contributed by atoms with van der Waals surface area (Å²) < 4.78 is 25.6. The third-order valence-electron chi connectivity index (χ3n) is 5.12. The second-order valence-electron chi connectivity index (χ2n) is 8.45. The zero-order valence-electron chi connectivity index (χ0n) is 19.2. The van der Waals surface area contributed by atoms with Gasteiger partial charge in [0.25, 0.3) is 7.82 Å². The van der Waals surface area contributed by atoms with Gasteiger partial charge in [-0.05, 0) is 0 Å². The Kier molecular flexibility index (Phi) is 13.0. The average Bonchev–Trinajstić information content (AvgIpc) is 2.73. The van der Waals surface area contributed by atoms with Gasteiger partial charge in [-0.1, -0.05) is 0 Å². The summed E-state index contributed by atoms with van der Waals surface area (Å²) >= 11 is 0. The minimum absolute atomic E-state index is 0.0351. The Balaban J connectivity index is 2.17. The number of phosphoric ester groups is 1. The van der Waals surface area contributed by atoms with Gasteiger partial charge in [-0.2, -0.15) is 0 Å². The molecule has 1 aliphatic heterocycles. The zero-order valence-corrected chi connectivity index (χ0v) is 20.1. The van der Waals surface area contributed by atoms with Crippen LogP contribution in [0.3, 0.4) is 0 Å². The van der Waals surface area contributed by atoms with E-state index in [-0.39, 0.29) is 51.6 Å². The molecule has 0 saturated carbocycles. The number of nitrogens with one attached hydrogen (secondary N) is 2. The highest BCUT2D eigenvalue weighted by Crippen LogP contribution is 2.29. The third-order valence-corrected chi connectivity index (χ3v) is 5.63. The lowest BCUT2D eigenvalue weighted by atomic mass is 9.99. The first-order chi connectivity index (χ1) is 15.8. The Labute approximate surface area is 197 Å². The van der Waals surface area contributed by atoms with Crippen molar-refractivity contribution in [1.82, 2.24) is 10.6 Å². The Morgan fingerprint density at radius 2 is 1.59 bits per heavy atom. The maximum absolute atomic E-state index is 11.9. The molecular weight excluding hydrogens is 481 g/mol. The molecule has 0 bridgehead atoms. The summed E-state index contributed by atoms with van der Waals surface area (Å²) in [5, 5.41) is 43.6. The lowest BCUT2D eigenvalue weighted by Crippen LogP contribution is -2.59. The van der Waals surface area contributed by atoms with Crippen LogP contribution >= 0.6 is 7.82 Å². The number of nitrogens with zero attached hydrogens (tertiary/aromatic N) is 1. The summed E-state index contributed by atoms with van der Waals surface area (Å²) in [7, 11) is -1.17. The molecule has 15 nitrogen and oxygen atoms in total. The molecule has 2 amide bonds. The molecule has 1 rings (SSSR count). The molecule has 6 atom stereocenters. The van der Waals surface area contributed by atoms with Crippen LogP contribution in [0.15, 0.2) is 0 Å². The van der Waals surface area contributed by atoms with Gasteiger partial charge in [-0.3, -0.25) is 14.2 Å². The van der Waals surface area contributed by atoms with E-state index in [0.29, 0.717) is 11.0 Å². The molecule has 200 valence electrons. The number of carbonyl (C=O) groups excluding carboxylic acids is 2. The lowest BCUT2D eigenvalue weighted by Gasteiger charge is -2.39. The minimum atomic E-state index is -4.76. The first-order valence-corrected chi connectivity index (χ1v) is 12.2. The first kappa shape index (κ1) is 30.8. The van der Waals surface area contributed by atoms with Gasteiger partial charge < -0.3 is 59.3 Å². The number of aliphatic hydroxyl groups is 4. The standard InChI is InChI=1S/C18H36N3O12P/c1-21(2,8-10-32-34(28,29)30)7-5-19-13(23)3-4-14(24)20-6-9-31-18-17(27)16(26)15(25)12(11-22)33-18/h12,15-18,22,25-27H,3-11H2,1-2H3,(H3-,19,20,23,24,28,29,30)/t12-,15-,16+,17+,18+/m1/s1. The molecule has 7 N–H and O–H groups in total. The fraction of sp³-hybridized carbons (Fsp3) is 0.889. The molecule has 0 aromatic heterocycles. The molecule has 0 aromatic carbocycles. The number of hydrogen-bond donors (Lipinski definition) is 7. The van der Waals surface area contributed by atoms with Crippen molar-refractivity contribution in [2.24, 2.45) is 0 Å². The minimum Gasteiger partial charge on any atom is -0.756 e. The highest BCUT2D eigenvalue weighted by Gasteiger charge is 2.43. The van der Waals surface area contributed by atoms with Crippen molar-refractivity contribution >= 4 is 19.6 Å². The molecule has 0 radical (unpaired) electrons. The monoisotopic (exact) mass is 517 g/mol. The molecule has 0 spiro atoms. The summed E-state index contributed by atoms with van der Waals surface area (Å²) in [6.07, 6.45) is -7.09. The number of phosphoric acid groups is 1. The van der Waals surface area contributed by atoms with E-state index < -0.39 is 51.0 Å². The van der Waals surface area contributed by atoms with Gasteiger partial charge in [0, 0.05) is 19.4 Å². The van der Waals surface area contributed by atoms with Crippen molar-refractivity contribution in [2.45, 2.75) is 43.5 Å². The van der Waals surface area contributed by atoms with E-state index in [4.69, 9.17) is 19.5 Å². The van der Waals surface area contributed by atoms with E-state index in [0.717, 1.165) is 0 Å². The van der Waals surface area contributed by atoms with Gasteiger partial charge in [-0.15, -0.1) is 0 Å². The van der Waals surface area contributed by atoms with Crippen LogP contribution in [-0.4, -0.2) is 132 Å². The van der Waals surface area contributed by atoms with Crippen LogP contribution in [0.25, 0.3) is 0 Å². The Bertz CT molecular complexity index is 689. The predicted molar refractivity (Wildman–Crippen MR) is 113 cm³/mol. The summed E-state index contributed by atoms with van der Waals surface area (Å²) in [5.41, 5.74) is 0. The highest BCUT2D eigenvalue weighted by molar-refractivity contribution is 7.44. The Morgan fingerprint density at radius 1 is 1.00 bits per heavy atom. The van der Waals surface area contributed by atoms with Crippen LogP contribution in [0.4, 0.5) is 0 Å². The normalized spacial score (nSPS) is 27.1. The molecule has 0 aliphatic carbocycles. The maximum Gasteiger partial charge on any atom is 0.265 e. The van der Waals surface area contributed by atoms with Crippen LogP contribution < -0.4 is 15.5 Å². The van der Waals surface area contributed by atoms with E-state index in [1.165, 1.54) is 0 Å². The molecule has 1 unspecified atom stereocenters. The van der Waals surface area contributed by atoms with E-state index in [1.807, 2.05) is 0 Å². The quantitative estimate of drug-likeness (QED) is 0.0618. The Hall–Kier alpha value is -1.23. The number of quaternary nitrogens is 1. The number of ether oxygens (including phenoxy) is 2. The Morgan fingerprint density at radius 3 is 2.15 bits per heavy atom. The topological polar surface area (TPSA) is 227 Å². The molecule has 16 heteroatoms. The number of likely N-dealkylation sites (N-methyl/N-ethyl adjacent to an activating group) is 1. The van der Waals surface area contributed by atoms with Crippen molar-refractivity contribution in [3.8, 4) is 0 Å². The number of hydrogen-bond acceptors (Lipinski definition) is 11. The molecule has 1 aliphatic rings. The fourth-order valence-corrected chi connectivity index (χ4v) is 3.30. The zero-order chi connectivity index (χ0) is 25.9. The van der Waals surface area contributed by atoms with E-state index >= 15 is 0 Å². The smallest absolute Gasteiger partial charge is 0.265 e. The van der Waals surface area contributed by atoms with Gasteiger partial charge in [0.1, 0.15) is 37.6 Å². The SMILES string of the molecule is C[N+](C)(CCNC(=O)CCC(=O)NCCO[C@H]1O[C@H](CO)[C@@H](O)[C@H](O)[C@@H]1O)CCOP(=O)([O-])O. The van der Waals surface area contributed by atoms with Crippen molar-refractivity contribution in [3.05, 3.63) is 0 Å². The fourth-order valence-electron chi connectivity index (χ4n) is 2.99. The molecule has 1 fully saturated rings. The maximum atomic E-state index is 11.9. The average molecular weight is 517 g/mol. The predicted octanol–water partition coefficient (Wildman–Crippen LogP) is -4.63. The number of amides is 2. The van der Waals surface area contributed by atoms with Crippen molar-refractivity contribution in [3.63, 3.8) is 0 Å². The van der Waals surface area contributed by atoms with Crippen molar-refractivity contribution in [1.29, 1.82) is 0 Å². The van der Waals surface area contributed by atoms with Gasteiger partial charge >= 0.3 is 0 Å². The molecule has 0 aromatic rings. The number of aliphatic hydroxyl groups excluding tert-OH is 4. The van der Waals surface area contributed by atoms with E-state index in [1.54, 1.807) is 14.1 Å². The summed E-state index contributed by atoms with van der Waals surface area (Å²) in [6.45, 7) is 0.208. The second-order valence-corrected chi connectivity index (χ2v) is 9.65. The van der Waals surface area contributed by atoms with Crippen LogP contribution in [0.2, 0.25) is 0 Å². The van der Waals surface area contributed by atoms with E-state index in [2.05, 4.69) is 15.2 Å². The number of rotatable bonds is 15. The molecule has 1 saturated heterocycles.